The van der Waals surface area contributed by atoms with E-state index >= 15 is 0 Å². The summed E-state index contributed by atoms with van der Waals surface area (Å²) >= 11 is 0. The maximum atomic E-state index is 12.8. The molecule has 4 rings (SSSR count). The lowest BCUT2D eigenvalue weighted by atomic mass is 10.2. The van der Waals surface area contributed by atoms with Crippen molar-refractivity contribution in [3.05, 3.63) is 41.5 Å². The van der Waals surface area contributed by atoms with Crippen LogP contribution >= 0.6 is 0 Å². The van der Waals surface area contributed by atoms with E-state index in [1.807, 2.05) is 4.90 Å². The van der Waals surface area contributed by atoms with Gasteiger partial charge in [-0.1, -0.05) is 18.6 Å². The zero-order valence-corrected chi connectivity index (χ0v) is 15.3. The van der Waals surface area contributed by atoms with Gasteiger partial charge in [0.05, 0.1) is 11.6 Å². The SMILES string of the molecule is N#Cc1ccccc1OCC(=O)N1CCCC1c1nnc2n1CCCCC2. The standard InChI is InChI=1S/C20H23N5O2/c21-13-15-7-3-4-9-17(15)27-14-19(26)24-12-6-8-16(24)20-23-22-18-10-2-1-5-11-25(18)20/h3-4,7,9,16H,1-2,5-6,8,10-12,14H2. The molecule has 1 amide bonds. The smallest absolute Gasteiger partial charge is 0.261 e. The van der Waals surface area contributed by atoms with Gasteiger partial charge in [-0.15, -0.1) is 10.2 Å². The van der Waals surface area contributed by atoms with E-state index < -0.39 is 0 Å². The molecular formula is C20H23N5O2. The molecule has 140 valence electrons. The monoisotopic (exact) mass is 365 g/mol. The van der Waals surface area contributed by atoms with Crippen LogP contribution in [-0.4, -0.2) is 38.7 Å². The van der Waals surface area contributed by atoms with Crippen molar-refractivity contribution in [3.63, 3.8) is 0 Å². The highest BCUT2D eigenvalue weighted by Gasteiger charge is 2.34. The third-order valence-electron chi connectivity index (χ3n) is 5.37. The van der Waals surface area contributed by atoms with Gasteiger partial charge in [0.15, 0.2) is 12.4 Å². The second-order valence-corrected chi connectivity index (χ2v) is 7.08. The highest BCUT2D eigenvalue weighted by Crippen LogP contribution is 2.32. The number of fused-ring (bicyclic) bond motifs is 1. The normalized spacial score (nSPS) is 19.2. The van der Waals surface area contributed by atoms with Crippen molar-refractivity contribution in [2.45, 2.75) is 51.1 Å². The van der Waals surface area contributed by atoms with Crippen molar-refractivity contribution in [2.75, 3.05) is 13.2 Å². The Labute approximate surface area is 158 Å². The summed E-state index contributed by atoms with van der Waals surface area (Å²) in [6.45, 7) is 1.56. The van der Waals surface area contributed by atoms with Crippen LogP contribution in [-0.2, 0) is 17.8 Å². The molecule has 3 heterocycles. The lowest BCUT2D eigenvalue weighted by molar-refractivity contribution is -0.134. The van der Waals surface area contributed by atoms with E-state index in [0.29, 0.717) is 17.9 Å². The van der Waals surface area contributed by atoms with Gasteiger partial charge in [-0.2, -0.15) is 5.26 Å². The molecule has 1 aromatic heterocycles. The lowest BCUT2D eigenvalue weighted by Crippen LogP contribution is -2.35. The first-order valence-electron chi connectivity index (χ1n) is 9.61. The molecule has 1 fully saturated rings. The van der Waals surface area contributed by atoms with Gasteiger partial charge < -0.3 is 14.2 Å². The van der Waals surface area contributed by atoms with Crippen molar-refractivity contribution in [3.8, 4) is 11.8 Å². The first kappa shape index (κ1) is 17.5. The summed E-state index contributed by atoms with van der Waals surface area (Å²) in [5.41, 5.74) is 0.436. The molecule has 0 N–H and O–H groups in total. The van der Waals surface area contributed by atoms with Crippen LogP contribution in [0.15, 0.2) is 24.3 Å². The zero-order chi connectivity index (χ0) is 18.6. The molecule has 0 radical (unpaired) electrons. The molecule has 2 aliphatic heterocycles. The molecule has 1 aromatic carbocycles. The van der Waals surface area contributed by atoms with E-state index in [1.54, 1.807) is 24.3 Å². The van der Waals surface area contributed by atoms with Crippen molar-refractivity contribution in [1.82, 2.24) is 19.7 Å². The largest absolute Gasteiger partial charge is 0.482 e. The molecule has 1 unspecified atom stereocenters. The predicted octanol–water partition coefficient (Wildman–Crippen LogP) is 2.62. The average Bonchev–Trinajstić information content (AvgIpc) is 3.27. The Morgan fingerprint density at radius 3 is 2.96 bits per heavy atom. The van der Waals surface area contributed by atoms with Gasteiger partial charge in [0, 0.05) is 19.5 Å². The van der Waals surface area contributed by atoms with Gasteiger partial charge in [-0.3, -0.25) is 4.79 Å². The predicted molar refractivity (Wildman–Crippen MR) is 97.9 cm³/mol. The maximum Gasteiger partial charge on any atom is 0.261 e. The fourth-order valence-electron chi connectivity index (χ4n) is 3.99. The van der Waals surface area contributed by atoms with Crippen LogP contribution in [0.3, 0.4) is 0 Å². The van der Waals surface area contributed by atoms with Crippen LogP contribution < -0.4 is 4.74 Å². The van der Waals surface area contributed by atoms with Crippen molar-refractivity contribution < 1.29 is 9.53 Å². The van der Waals surface area contributed by atoms with Gasteiger partial charge in [0.2, 0.25) is 0 Å². The maximum absolute atomic E-state index is 12.8. The number of nitriles is 1. The molecule has 1 saturated heterocycles. The Balaban J connectivity index is 1.48. The highest BCUT2D eigenvalue weighted by molar-refractivity contribution is 5.78. The number of para-hydroxylation sites is 1. The molecule has 2 aliphatic rings. The molecule has 1 atom stereocenters. The molecule has 2 aromatic rings. The van der Waals surface area contributed by atoms with E-state index in [-0.39, 0.29) is 18.6 Å². The summed E-state index contributed by atoms with van der Waals surface area (Å²) in [5, 5.41) is 18.0. The van der Waals surface area contributed by atoms with E-state index in [0.717, 1.165) is 50.3 Å². The van der Waals surface area contributed by atoms with Gasteiger partial charge in [-0.05, 0) is 37.8 Å². The Morgan fingerprint density at radius 1 is 1.19 bits per heavy atom. The fraction of sp³-hybridized carbons (Fsp3) is 0.500. The molecule has 0 aliphatic carbocycles. The number of hydrogen-bond donors (Lipinski definition) is 0. The van der Waals surface area contributed by atoms with Gasteiger partial charge in [0.1, 0.15) is 17.6 Å². The average molecular weight is 365 g/mol. The number of nitrogens with zero attached hydrogens (tertiary/aromatic N) is 5. The number of hydrogen-bond acceptors (Lipinski definition) is 5. The summed E-state index contributed by atoms with van der Waals surface area (Å²) in [5.74, 6) is 2.33. The topological polar surface area (TPSA) is 84.0 Å². The van der Waals surface area contributed by atoms with Crippen LogP contribution in [0.4, 0.5) is 0 Å². The Kier molecular flexibility index (Phi) is 5.05. The third kappa shape index (κ3) is 3.52. The minimum atomic E-state index is -0.0732. The number of carbonyl (C=O) groups is 1. The molecule has 7 nitrogen and oxygen atoms in total. The first-order chi connectivity index (χ1) is 13.3. The van der Waals surface area contributed by atoms with E-state index in [1.165, 1.54) is 6.42 Å². The summed E-state index contributed by atoms with van der Waals surface area (Å²) < 4.78 is 7.86. The second kappa shape index (κ2) is 7.78. The zero-order valence-electron chi connectivity index (χ0n) is 15.3. The second-order valence-electron chi connectivity index (χ2n) is 7.08. The van der Waals surface area contributed by atoms with E-state index in [4.69, 9.17) is 10.00 Å². The van der Waals surface area contributed by atoms with Gasteiger partial charge >= 0.3 is 0 Å². The Morgan fingerprint density at radius 2 is 2.07 bits per heavy atom. The van der Waals surface area contributed by atoms with Gasteiger partial charge in [-0.25, -0.2) is 0 Å². The van der Waals surface area contributed by atoms with Crippen LogP contribution in [0.5, 0.6) is 5.75 Å². The number of ether oxygens (including phenoxy) is 1. The molecule has 0 bridgehead atoms. The van der Waals surface area contributed by atoms with Crippen LogP contribution in [0.2, 0.25) is 0 Å². The van der Waals surface area contributed by atoms with Crippen LogP contribution in [0, 0.1) is 11.3 Å². The Hall–Kier alpha value is -2.88. The minimum absolute atomic E-state index is 0.0355. The quantitative estimate of drug-likeness (QED) is 0.831. The number of likely N-dealkylation sites (tertiary alicyclic amines) is 1. The minimum Gasteiger partial charge on any atom is -0.482 e. The number of amides is 1. The van der Waals surface area contributed by atoms with Crippen LogP contribution in [0.1, 0.15) is 55.4 Å². The van der Waals surface area contributed by atoms with Crippen LogP contribution in [0.25, 0.3) is 0 Å². The first-order valence-corrected chi connectivity index (χ1v) is 9.61. The summed E-state index contributed by atoms with van der Waals surface area (Å²) in [4.78, 5) is 14.7. The fourth-order valence-corrected chi connectivity index (χ4v) is 3.99. The number of carbonyl (C=O) groups excluding carboxylic acids is 1. The molecule has 0 saturated carbocycles. The molecular weight excluding hydrogens is 342 g/mol. The summed E-state index contributed by atoms with van der Waals surface area (Å²) in [6.07, 6.45) is 6.31. The Bertz CT molecular complexity index is 869. The molecule has 0 spiro atoms. The van der Waals surface area contributed by atoms with E-state index in [2.05, 4.69) is 20.8 Å². The molecule has 27 heavy (non-hydrogen) atoms. The van der Waals surface area contributed by atoms with Crippen molar-refractivity contribution >= 4 is 5.91 Å². The number of benzene rings is 1. The lowest BCUT2D eigenvalue weighted by Gasteiger charge is -2.24. The van der Waals surface area contributed by atoms with Crippen molar-refractivity contribution in [2.24, 2.45) is 0 Å². The van der Waals surface area contributed by atoms with Crippen molar-refractivity contribution in [1.29, 1.82) is 5.26 Å². The number of aromatic nitrogens is 3. The number of aryl methyl sites for hydroxylation is 1. The van der Waals surface area contributed by atoms with Gasteiger partial charge in [0.25, 0.3) is 5.91 Å². The highest BCUT2D eigenvalue weighted by atomic mass is 16.5. The summed E-state index contributed by atoms with van der Waals surface area (Å²) in [6, 6.07) is 9.03. The van der Waals surface area contributed by atoms with E-state index in [9.17, 15) is 4.79 Å². The third-order valence-corrected chi connectivity index (χ3v) is 5.37. The molecule has 7 heteroatoms. The summed E-state index contributed by atoms with van der Waals surface area (Å²) in [7, 11) is 0. The number of rotatable bonds is 4.